The van der Waals surface area contributed by atoms with Crippen molar-refractivity contribution in [2.75, 3.05) is 40.9 Å². The van der Waals surface area contributed by atoms with Crippen LogP contribution >= 0.6 is 12.2 Å². The Morgan fingerprint density at radius 3 is 2.18 bits per heavy atom. The number of thiocarbonyl (C=S) groups is 1. The van der Waals surface area contributed by atoms with Crippen molar-refractivity contribution in [3.8, 4) is 0 Å². The number of nitrogens with zero attached hydrogens (tertiary/aromatic N) is 4. The van der Waals surface area contributed by atoms with Gasteiger partial charge in [0, 0.05) is 43.2 Å². The number of benzene rings is 2. The molecule has 3 aliphatic rings. The summed E-state index contributed by atoms with van der Waals surface area (Å²) in [5.74, 6) is -0.321. The number of hydrogen-bond donors (Lipinski definition) is 1. The average molecular weight is 486 g/mol. The normalized spacial score (nSPS) is 20.0. The molecule has 1 aliphatic carbocycles. The fourth-order valence-corrected chi connectivity index (χ4v) is 5.40. The molecule has 1 spiro atoms. The number of carbonyl (C=O) groups is 1. The minimum absolute atomic E-state index is 0.0286. The monoisotopic (exact) mass is 485 g/mol. The van der Waals surface area contributed by atoms with Gasteiger partial charge in [-0.05, 0) is 67.9 Å². The molecule has 0 aromatic heterocycles. The second kappa shape index (κ2) is 8.25. The van der Waals surface area contributed by atoms with Crippen LogP contribution in [0.15, 0.2) is 42.5 Å². The minimum atomic E-state index is -4.71. The second-order valence-electron chi connectivity index (χ2n) is 8.71. The number of amides is 1. The largest absolute Gasteiger partial charge is 0.407 e. The number of piperazine rings is 1. The summed E-state index contributed by atoms with van der Waals surface area (Å²) >= 11 is 5.68. The quantitative estimate of drug-likeness (QED) is 0.503. The van der Waals surface area contributed by atoms with Gasteiger partial charge in [0.05, 0.1) is 12.1 Å². The summed E-state index contributed by atoms with van der Waals surface area (Å²) in [6.45, 7) is 10.7. The van der Waals surface area contributed by atoms with Crippen molar-refractivity contribution in [3.05, 3.63) is 59.4 Å². The van der Waals surface area contributed by atoms with E-state index >= 15 is 0 Å². The van der Waals surface area contributed by atoms with Gasteiger partial charge in [0.2, 0.25) is 0 Å². The van der Waals surface area contributed by atoms with Crippen LogP contribution in [-0.4, -0.2) is 42.7 Å². The Hall–Kier alpha value is -3.16. The number of anilines is 3. The van der Waals surface area contributed by atoms with Crippen molar-refractivity contribution >= 4 is 46.0 Å². The van der Waals surface area contributed by atoms with Crippen molar-refractivity contribution in [2.45, 2.75) is 31.0 Å². The highest BCUT2D eigenvalue weighted by atomic mass is 32.1. The topological polar surface area (TPSA) is 43.2 Å². The van der Waals surface area contributed by atoms with E-state index in [1.807, 2.05) is 24.3 Å². The number of nitrogens with one attached hydrogen (secondary N) is 1. The minimum Gasteiger partial charge on any atom is -0.369 e. The highest BCUT2D eigenvalue weighted by molar-refractivity contribution is 7.81. The van der Waals surface area contributed by atoms with Gasteiger partial charge in [0.15, 0.2) is 10.8 Å². The molecule has 2 aromatic rings. The number of carbonyl (C=O) groups excluding carboxylic acids is 1. The summed E-state index contributed by atoms with van der Waals surface area (Å²) in [6, 6.07) is 11.1. The van der Waals surface area contributed by atoms with Crippen LogP contribution in [0.1, 0.15) is 24.8 Å². The third-order valence-electron chi connectivity index (χ3n) is 6.85. The second-order valence-corrected chi connectivity index (χ2v) is 9.07. The molecule has 1 saturated carbocycles. The third kappa shape index (κ3) is 3.51. The Bertz CT molecular complexity index is 1180. The maximum Gasteiger partial charge on any atom is 0.407 e. The summed E-state index contributed by atoms with van der Waals surface area (Å²) in [5, 5.41) is 3.48. The summed E-state index contributed by atoms with van der Waals surface area (Å²) in [6.07, 6.45) is -2.72. The molecule has 0 atom stereocenters. The van der Waals surface area contributed by atoms with E-state index in [2.05, 4.69) is 15.1 Å². The molecule has 10 heteroatoms. The van der Waals surface area contributed by atoms with E-state index in [0.29, 0.717) is 12.8 Å². The number of halogens is 3. The van der Waals surface area contributed by atoms with Gasteiger partial charge in [-0.15, -0.1) is 0 Å². The maximum absolute atomic E-state index is 13.6. The first kappa shape index (κ1) is 22.6. The average Bonchev–Trinajstić information content (AvgIpc) is 3.05. The molecule has 2 heterocycles. The first-order chi connectivity index (χ1) is 16.3. The van der Waals surface area contributed by atoms with Crippen molar-refractivity contribution in [2.24, 2.45) is 0 Å². The zero-order valence-corrected chi connectivity index (χ0v) is 19.0. The fourth-order valence-electron chi connectivity index (χ4n) is 4.93. The zero-order chi connectivity index (χ0) is 24.1. The third-order valence-corrected chi connectivity index (χ3v) is 7.21. The van der Waals surface area contributed by atoms with Crippen LogP contribution in [0.3, 0.4) is 0 Å². The van der Waals surface area contributed by atoms with Crippen LogP contribution in [0.5, 0.6) is 0 Å². The van der Waals surface area contributed by atoms with E-state index in [1.54, 1.807) is 4.90 Å². The van der Waals surface area contributed by atoms with Crippen molar-refractivity contribution < 1.29 is 18.0 Å². The van der Waals surface area contributed by atoms with E-state index in [9.17, 15) is 18.0 Å². The lowest BCUT2D eigenvalue weighted by Crippen LogP contribution is -2.55. The Kier molecular flexibility index (Phi) is 5.49. The molecule has 3 fully saturated rings. The molecule has 5 rings (SSSR count). The zero-order valence-electron chi connectivity index (χ0n) is 18.2. The first-order valence-corrected chi connectivity index (χ1v) is 11.5. The number of rotatable bonds is 3. The molecule has 6 nitrogen and oxygen atoms in total. The van der Waals surface area contributed by atoms with E-state index in [1.165, 1.54) is 11.0 Å². The fraction of sp³-hybridized carbons (Fsp3) is 0.375. The van der Waals surface area contributed by atoms with Gasteiger partial charge in [-0.1, -0.05) is 6.07 Å². The van der Waals surface area contributed by atoms with Gasteiger partial charge < -0.3 is 15.1 Å². The van der Waals surface area contributed by atoms with E-state index in [-0.39, 0.29) is 16.7 Å². The Labute approximate surface area is 200 Å². The van der Waals surface area contributed by atoms with Crippen molar-refractivity contribution in [3.63, 3.8) is 0 Å². The van der Waals surface area contributed by atoms with Crippen LogP contribution in [0.2, 0.25) is 0 Å². The van der Waals surface area contributed by atoms with Gasteiger partial charge in [-0.3, -0.25) is 9.69 Å². The van der Waals surface area contributed by atoms with Gasteiger partial charge >= 0.3 is 6.18 Å². The molecule has 0 radical (unpaired) electrons. The van der Waals surface area contributed by atoms with Crippen LogP contribution in [0, 0.1) is 6.57 Å². The molecule has 0 unspecified atom stereocenters. The summed E-state index contributed by atoms with van der Waals surface area (Å²) < 4.78 is 40.7. The Balaban J connectivity index is 1.51. The molecule has 1 N–H and O–H groups in total. The van der Waals surface area contributed by atoms with E-state index in [4.69, 9.17) is 18.8 Å². The molecule has 0 bridgehead atoms. The summed E-state index contributed by atoms with van der Waals surface area (Å²) in [5.41, 5.74) is -0.616. The number of alkyl halides is 3. The van der Waals surface area contributed by atoms with Gasteiger partial charge in [-0.2, -0.15) is 13.2 Å². The Morgan fingerprint density at radius 1 is 1.00 bits per heavy atom. The molecule has 176 valence electrons. The summed E-state index contributed by atoms with van der Waals surface area (Å²) in [4.78, 5) is 21.8. The van der Waals surface area contributed by atoms with E-state index < -0.39 is 23.0 Å². The van der Waals surface area contributed by atoms with Gasteiger partial charge in [0.1, 0.15) is 5.54 Å². The predicted octanol–water partition coefficient (Wildman–Crippen LogP) is 4.73. The standard InChI is InChI=1S/C24H22F3N5OS/c1-28-20-8-7-18(15-19(20)24(25,26)27)31-21(33)23(9-2-10-23)32(22(31)34)17-5-3-16(4-6-17)30-13-11-29-12-14-30/h3-8,15,29H,2,9-14H2. The van der Waals surface area contributed by atoms with Crippen molar-refractivity contribution in [1.82, 2.24) is 5.32 Å². The van der Waals surface area contributed by atoms with E-state index in [0.717, 1.165) is 56.1 Å². The molecule has 2 aromatic carbocycles. The molecule has 34 heavy (non-hydrogen) atoms. The van der Waals surface area contributed by atoms with Crippen molar-refractivity contribution in [1.29, 1.82) is 0 Å². The molecule has 1 amide bonds. The highest BCUT2D eigenvalue weighted by Gasteiger charge is 2.59. The predicted molar refractivity (Wildman–Crippen MR) is 128 cm³/mol. The molecule has 2 saturated heterocycles. The van der Waals surface area contributed by atoms with Crippen LogP contribution in [-0.2, 0) is 11.0 Å². The lowest BCUT2D eigenvalue weighted by molar-refractivity contribution is -0.136. The Morgan fingerprint density at radius 2 is 1.62 bits per heavy atom. The number of hydrogen-bond acceptors (Lipinski definition) is 4. The van der Waals surface area contributed by atoms with Gasteiger partial charge in [-0.25, -0.2) is 4.85 Å². The SMILES string of the molecule is [C-]#[N+]c1ccc(N2C(=O)C3(CCC3)N(c3ccc(N4CCNCC4)cc3)C2=S)cc1C(F)(F)F. The summed E-state index contributed by atoms with van der Waals surface area (Å²) in [7, 11) is 0. The van der Waals surface area contributed by atoms with Crippen LogP contribution in [0.4, 0.5) is 35.9 Å². The van der Waals surface area contributed by atoms with Crippen LogP contribution in [0.25, 0.3) is 4.85 Å². The first-order valence-electron chi connectivity index (χ1n) is 11.1. The lowest BCUT2D eigenvalue weighted by Gasteiger charge is -2.43. The highest BCUT2D eigenvalue weighted by Crippen LogP contribution is 2.49. The molecule has 2 aliphatic heterocycles. The lowest BCUT2D eigenvalue weighted by atomic mass is 9.75. The van der Waals surface area contributed by atoms with Gasteiger partial charge in [0.25, 0.3) is 5.91 Å². The molecular weight excluding hydrogens is 463 g/mol. The van der Waals surface area contributed by atoms with Crippen LogP contribution < -0.4 is 20.0 Å². The maximum atomic E-state index is 13.6. The smallest absolute Gasteiger partial charge is 0.369 e. The molecular formula is C24H22F3N5OS.